The zero-order chi connectivity index (χ0) is 28.9. The number of nitrogens with zero attached hydrogens (tertiary/aromatic N) is 2. The highest BCUT2D eigenvalue weighted by Crippen LogP contribution is 2.35. The summed E-state index contributed by atoms with van der Waals surface area (Å²) in [6.45, 7) is 14.9. The largest absolute Gasteiger partial charge is 0.494 e. The lowest BCUT2D eigenvalue weighted by molar-refractivity contribution is 0.0196. The number of hydrogen-bond donors (Lipinski definition) is 1. The molecule has 0 bridgehead atoms. The number of rotatable bonds is 9. The highest BCUT2D eigenvalue weighted by molar-refractivity contribution is 6.32. The van der Waals surface area contributed by atoms with E-state index in [0.29, 0.717) is 12.3 Å². The lowest BCUT2D eigenvalue weighted by Gasteiger charge is -2.19. The minimum absolute atomic E-state index is 0.0833. The molecule has 4 aromatic rings. The molecule has 0 atom stereocenters. The average Bonchev–Trinajstić information content (AvgIpc) is 3.40. The fourth-order valence-electron chi connectivity index (χ4n) is 4.61. The average molecular weight is 552 g/mol. The van der Waals surface area contributed by atoms with Crippen LogP contribution in [0.3, 0.4) is 0 Å². The van der Waals surface area contributed by atoms with Crippen LogP contribution in [-0.4, -0.2) is 40.4 Å². The number of carbonyl (C=O) groups excluding carboxylic acids is 1. The molecule has 4 rings (SSSR count). The van der Waals surface area contributed by atoms with Crippen molar-refractivity contribution >= 4 is 28.8 Å². The van der Waals surface area contributed by atoms with Crippen LogP contribution in [0.1, 0.15) is 72.2 Å². The summed E-state index contributed by atoms with van der Waals surface area (Å²) >= 11 is 6.25. The van der Waals surface area contributed by atoms with Gasteiger partial charge in [0.15, 0.2) is 6.29 Å². The Kier molecular flexibility index (Phi) is 10.0. The number of ether oxygens (including phenoxy) is 2. The van der Waals surface area contributed by atoms with Crippen LogP contribution in [0.2, 0.25) is 5.02 Å². The van der Waals surface area contributed by atoms with Crippen molar-refractivity contribution in [3.63, 3.8) is 0 Å². The molecule has 0 aliphatic heterocycles. The Hall–Kier alpha value is -3.09. The zero-order valence-electron chi connectivity index (χ0n) is 24.8. The number of H-pyrrole nitrogens is 1. The SMILES string of the molecule is CCC(C)(C)OC.Cc1cc(OCCCc2c(C=O)[nH]c3c(-c4c(C)nn(C)c4C)cccc23)cc(C)c1Cl. The minimum atomic E-state index is 0.0833. The summed E-state index contributed by atoms with van der Waals surface area (Å²) < 4.78 is 12.9. The molecule has 0 spiro atoms. The van der Waals surface area contributed by atoms with E-state index >= 15 is 0 Å². The number of aromatic amines is 1. The fraction of sp³-hybridized carbons (Fsp3) is 0.438. The Bertz CT molecular complexity index is 1420. The molecule has 0 amide bonds. The van der Waals surface area contributed by atoms with E-state index in [1.165, 1.54) is 0 Å². The number of nitrogens with one attached hydrogen (secondary N) is 1. The molecule has 2 aromatic heterocycles. The van der Waals surface area contributed by atoms with Crippen molar-refractivity contribution in [2.45, 2.75) is 73.3 Å². The molecular weight excluding hydrogens is 510 g/mol. The predicted octanol–water partition coefficient (Wildman–Crippen LogP) is 8.10. The molecule has 0 fully saturated rings. The number of para-hydroxylation sites is 1. The third-order valence-corrected chi connectivity index (χ3v) is 8.12. The molecule has 39 heavy (non-hydrogen) atoms. The maximum Gasteiger partial charge on any atom is 0.166 e. The van der Waals surface area contributed by atoms with Crippen molar-refractivity contribution in [1.82, 2.24) is 14.8 Å². The van der Waals surface area contributed by atoms with Crippen molar-refractivity contribution < 1.29 is 14.3 Å². The van der Waals surface area contributed by atoms with Crippen molar-refractivity contribution in [3.8, 4) is 16.9 Å². The highest BCUT2D eigenvalue weighted by atomic mass is 35.5. The summed E-state index contributed by atoms with van der Waals surface area (Å²) in [7, 11) is 3.69. The van der Waals surface area contributed by atoms with Gasteiger partial charge >= 0.3 is 0 Å². The van der Waals surface area contributed by atoms with Crippen molar-refractivity contribution in [2.24, 2.45) is 7.05 Å². The van der Waals surface area contributed by atoms with Gasteiger partial charge in [0.2, 0.25) is 0 Å². The predicted molar refractivity (Wildman–Crippen MR) is 161 cm³/mol. The van der Waals surface area contributed by atoms with Crippen molar-refractivity contribution in [1.29, 1.82) is 0 Å². The first-order valence-corrected chi connectivity index (χ1v) is 13.9. The number of methoxy groups -OCH3 is 1. The monoisotopic (exact) mass is 551 g/mol. The number of hydrogen-bond acceptors (Lipinski definition) is 4. The second kappa shape index (κ2) is 12.8. The Morgan fingerprint density at radius 1 is 1.13 bits per heavy atom. The van der Waals surface area contributed by atoms with Gasteiger partial charge in [0.25, 0.3) is 0 Å². The molecule has 0 aliphatic carbocycles. The van der Waals surface area contributed by atoms with E-state index < -0.39 is 0 Å². The van der Waals surface area contributed by atoms with Crippen LogP contribution in [0.15, 0.2) is 30.3 Å². The number of carbonyl (C=O) groups is 1. The Labute approximate surface area is 237 Å². The van der Waals surface area contributed by atoms with E-state index in [0.717, 1.165) is 86.4 Å². The van der Waals surface area contributed by atoms with Crippen LogP contribution in [0.4, 0.5) is 0 Å². The molecule has 2 heterocycles. The summed E-state index contributed by atoms with van der Waals surface area (Å²) in [6.07, 6.45) is 3.52. The molecule has 210 valence electrons. The minimum Gasteiger partial charge on any atom is -0.494 e. The van der Waals surface area contributed by atoms with E-state index in [2.05, 4.69) is 49.9 Å². The Morgan fingerprint density at radius 3 is 2.31 bits per heavy atom. The lowest BCUT2D eigenvalue weighted by atomic mass is 9.99. The number of halogens is 1. The summed E-state index contributed by atoms with van der Waals surface area (Å²) in [5.74, 6) is 0.823. The topological polar surface area (TPSA) is 69.1 Å². The molecule has 6 nitrogen and oxygen atoms in total. The van der Waals surface area contributed by atoms with Gasteiger partial charge in [-0.05, 0) is 89.6 Å². The molecule has 0 saturated carbocycles. The van der Waals surface area contributed by atoms with Crippen molar-refractivity contribution in [3.05, 3.63) is 69.1 Å². The number of aryl methyl sites for hydroxylation is 5. The lowest BCUT2D eigenvalue weighted by Crippen LogP contribution is -2.20. The normalized spacial score (nSPS) is 11.4. The van der Waals surface area contributed by atoms with E-state index in [9.17, 15) is 4.79 Å². The van der Waals surface area contributed by atoms with Gasteiger partial charge in [-0.25, -0.2) is 0 Å². The first kappa shape index (κ1) is 30.5. The molecular formula is C32H42ClN3O3. The third kappa shape index (κ3) is 6.92. The second-order valence-electron chi connectivity index (χ2n) is 10.7. The first-order chi connectivity index (χ1) is 18.4. The summed E-state index contributed by atoms with van der Waals surface area (Å²) in [4.78, 5) is 15.2. The molecule has 1 N–H and O–H groups in total. The maximum absolute atomic E-state index is 11.9. The van der Waals surface area contributed by atoms with Crippen LogP contribution >= 0.6 is 11.6 Å². The number of benzene rings is 2. The van der Waals surface area contributed by atoms with Crippen molar-refractivity contribution in [2.75, 3.05) is 13.7 Å². The number of aromatic nitrogens is 3. The van der Waals surface area contributed by atoms with Gasteiger partial charge in [-0.1, -0.05) is 36.7 Å². The second-order valence-corrected chi connectivity index (χ2v) is 11.1. The van der Waals surface area contributed by atoms with Gasteiger partial charge in [0.1, 0.15) is 5.75 Å². The van der Waals surface area contributed by atoms with Crippen LogP contribution < -0.4 is 4.74 Å². The van der Waals surface area contributed by atoms with Gasteiger partial charge < -0.3 is 14.5 Å². The summed E-state index contributed by atoms with van der Waals surface area (Å²) in [6, 6.07) is 10.1. The van der Waals surface area contributed by atoms with Gasteiger partial charge in [0, 0.05) is 41.4 Å². The molecule has 0 radical (unpaired) electrons. The first-order valence-electron chi connectivity index (χ1n) is 13.5. The van der Waals surface area contributed by atoms with E-state index in [4.69, 9.17) is 21.1 Å². The third-order valence-electron chi connectivity index (χ3n) is 7.52. The molecule has 0 unspecified atom stereocenters. The van der Waals surface area contributed by atoms with Crippen LogP contribution in [-0.2, 0) is 18.2 Å². The maximum atomic E-state index is 11.9. The van der Waals surface area contributed by atoms with E-state index in [1.807, 2.05) is 50.7 Å². The van der Waals surface area contributed by atoms with Crippen LogP contribution in [0.25, 0.3) is 22.0 Å². The highest BCUT2D eigenvalue weighted by Gasteiger charge is 2.19. The number of aldehydes is 1. The Balaban J connectivity index is 0.000000532. The quantitative estimate of drug-likeness (QED) is 0.168. The van der Waals surface area contributed by atoms with E-state index in [-0.39, 0.29) is 5.60 Å². The van der Waals surface area contributed by atoms with E-state index in [1.54, 1.807) is 7.11 Å². The molecule has 0 saturated heterocycles. The van der Waals surface area contributed by atoms with Gasteiger partial charge in [-0.15, -0.1) is 0 Å². The molecule has 7 heteroatoms. The number of fused-ring (bicyclic) bond motifs is 1. The molecule has 2 aromatic carbocycles. The summed E-state index contributed by atoms with van der Waals surface area (Å²) in [5.41, 5.74) is 9.00. The van der Waals surface area contributed by atoms with Gasteiger partial charge in [0.05, 0.1) is 29.1 Å². The zero-order valence-corrected chi connectivity index (χ0v) is 25.5. The van der Waals surface area contributed by atoms with Crippen LogP contribution in [0.5, 0.6) is 5.75 Å². The Morgan fingerprint density at radius 2 is 1.79 bits per heavy atom. The smallest absolute Gasteiger partial charge is 0.166 e. The molecule has 0 aliphatic rings. The summed E-state index contributed by atoms with van der Waals surface area (Å²) in [5, 5.41) is 6.41. The van der Waals surface area contributed by atoms with Crippen LogP contribution in [0, 0.1) is 27.7 Å². The standard InChI is InChI=1S/C26H28ClN3O2.C6H14O/c1-15-12-19(13-16(2)25(15)27)32-11-7-10-20-21-8-6-9-22(26(21)28-23(20)14-31)24-17(3)29-30(5)18(24)4;1-5-6(2,3)7-4/h6,8-9,12-14,28H,7,10-11H2,1-5H3;5H2,1-4H3. The van der Waals surface area contributed by atoms with Gasteiger partial charge in [-0.2, -0.15) is 5.10 Å². The van der Waals surface area contributed by atoms with Gasteiger partial charge in [-0.3, -0.25) is 9.48 Å². The fourth-order valence-corrected chi connectivity index (χ4v) is 4.72.